The highest BCUT2D eigenvalue weighted by molar-refractivity contribution is 5.95. The summed E-state index contributed by atoms with van der Waals surface area (Å²) >= 11 is 0. The molecule has 0 bridgehead atoms. The van der Waals surface area contributed by atoms with E-state index in [9.17, 15) is 9.59 Å². The second-order valence-electron chi connectivity index (χ2n) is 12.2. The van der Waals surface area contributed by atoms with Crippen LogP contribution in [0.25, 0.3) is 0 Å². The van der Waals surface area contributed by atoms with Gasteiger partial charge in [0.1, 0.15) is 0 Å². The van der Waals surface area contributed by atoms with E-state index < -0.39 is 0 Å². The van der Waals surface area contributed by atoms with Gasteiger partial charge in [-0.2, -0.15) is 0 Å². The third-order valence-corrected chi connectivity index (χ3v) is 8.31. The SMILES string of the molecule is CCCCCCCCCCCCCCCC(=O)N(C(=O)CCCCCCCCCCCCCCC)C(C)CN. The Morgan fingerprint density at radius 2 is 0.692 bits per heavy atom. The summed E-state index contributed by atoms with van der Waals surface area (Å²) in [5, 5.41) is 0. The molecule has 0 aliphatic rings. The van der Waals surface area contributed by atoms with E-state index in [2.05, 4.69) is 13.8 Å². The molecule has 0 rings (SSSR count). The first-order valence-electron chi connectivity index (χ1n) is 17.6. The van der Waals surface area contributed by atoms with Gasteiger partial charge in [-0.05, 0) is 19.8 Å². The van der Waals surface area contributed by atoms with Crippen molar-refractivity contribution < 1.29 is 9.59 Å². The van der Waals surface area contributed by atoms with Crippen molar-refractivity contribution in [3.8, 4) is 0 Å². The first-order valence-corrected chi connectivity index (χ1v) is 17.6. The lowest BCUT2D eigenvalue weighted by Gasteiger charge is -2.26. The van der Waals surface area contributed by atoms with Crippen LogP contribution in [0.15, 0.2) is 0 Å². The topological polar surface area (TPSA) is 63.4 Å². The van der Waals surface area contributed by atoms with Crippen LogP contribution in [0, 0.1) is 0 Å². The van der Waals surface area contributed by atoms with Crippen LogP contribution < -0.4 is 5.73 Å². The van der Waals surface area contributed by atoms with E-state index in [1.165, 1.54) is 146 Å². The molecule has 0 saturated carbocycles. The molecule has 4 heteroatoms. The third-order valence-electron chi connectivity index (χ3n) is 8.31. The fourth-order valence-electron chi connectivity index (χ4n) is 5.57. The Labute approximate surface area is 245 Å². The van der Waals surface area contributed by atoms with Gasteiger partial charge in [-0.15, -0.1) is 0 Å². The molecule has 0 radical (unpaired) electrons. The molecule has 0 heterocycles. The molecule has 2 N–H and O–H groups in total. The second kappa shape index (κ2) is 30.1. The van der Waals surface area contributed by atoms with E-state index in [1.54, 1.807) is 0 Å². The Balaban J connectivity index is 3.83. The molecule has 0 spiro atoms. The molecule has 0 aromatic rings. The van der Waals surface area contributed by atoms with Crippen LogP contribution in [0.2, 0.25) is 0 Å². The average molecular weight is 551 g/mol. The summed E-state index contributed by atoms with van der Waals surface area (Å²) in [7, 11) is 0. The fourth-order valence-corrected chi connectivity index (χ4v) is 5.57. The molecule has 39 heavy (non-hydrogen) atoms. The monoisotopic (exact) mass is 551 g/mol. The lowest BCUT2D eigenvalue weighted by Crippen LogP contribution is -2.46. The number of nitrogens with zero attached hydrogens (tertiary/aromatic N) is 1. The molecule has 232 valence electrons. The van der Waals surface area contributed by atoms with Crippen molar-refractivity contribution in [3.05, 3.63) is 0 Å². The Kier molecular flexibility index (Phi) is 29.4. The van der Waals surface area contributed by atoms with Crippen LogP contribution in [0.1, 0.15) is 201 Å². The normalized spacial score (nSPS) is 12.1. The van der Waals surface area contributed by atoms with Gasteiger partial charge >= 0.3 is 0 Å². The van der Waals surface area contributed by atoms with Gasteiger partial charge in [-0.25, -0.2) is 0 Å². The number of amides is 2. The van der Waals surface area contributed by atoms with E-state index in [-0.39, 0.29) is 17.9 Å². The van der Waals surface area contributed by atoms with Crippen molar-refractivity contribution in [2.45, 2.75) is 207 Å². The first kappa shape index (κ1) is 38.1. The zero-order chi connectivity index (χ0) is 28.8. The predicted molar refractivity (Wildman–Crippen MR) is 171 cm³/mol. The quantitative estimate of drug-likeness (QED) is 0.0904. The maximum atomic E-state index is 12.9. The molecule has 4 nitrogen and oxygen atoms in total. The minimum atomic E-state index is -0.200. The molecule has 0 fully saturated rings. The van der Waals surface area contributed by atoms with Gasteiger partial charge in [0, 0.05) is 25.4 Å². The number of imide groups is 1. The second-order valence-corrected chi connectivity index (χ2v) is 12.2. The third kappa shape index (κ3) is 24.6. The lowest BCUT2D eigenvalue weighted by molar-refractivity contribution is -0.147. The summed E-state index contributed by atoms with van der Waals surface area (Å²) in [6, 6.07) is -0.200. The van der Waals surface area contributed by atoms with Crippen LogP contribution in [-0.4, -0.2) is 29.3 Å². The number of carbonyl (C=O) groups is 2. The Hall–Kier alpha value is -0.900. The maximum Gasteiger partial charge on any atom is 0.229 e. The maximum absolute atomic E-state index is 12.9. The van der Waals surface area contributed by atoms with E-state index in [0.717, 1.165) is 25.7 Å². The van der Waals surface area contributed by atoms with Gasteiger partial charge in [-0.3, -0.25) is 14.5 Å². The Morgan fingerprint density at radius 1 is 0.462 bits per heavy atom. The summed E-state index contributed by atoms with van der Waals surface area (Å²) < 4.78 is 0. The minimum Gasteiger partial charge on any atom is -0.328 e. The van der Waals surface area contributed by atoms with E-state index in [0.29, 0.717) is 19.4 Å². The van der Waals surface area contributed by atoms with Crippen molar-refractivity contribution >= 4 is 11.8 Å². The standard InChI is InChI=1S/C35H70N2O2/c1-4-6-8-10-12-14-16-18-20-22-24-26-28-30-34(38)37(33(3)32-36)35(39)31-29-27-25-23-21-19-17-15-13-11-9-7-5-2/h33H,4-32,36H2,1-3H3. The van der Waals surface area contributed by atoms with Crippen LogP contribution in [0.5, 0.6) is 0 Å². The van der Waals surface area contributed by atoms with Gasteiger partial charge in [0.2, 0.25) is 11.8 Å². The number of carbonyl (C=O) groups excluding carboxylic acids is 2. The van der Waals surface area contributed by atoms with Crippen molar-refractivity contribution in [1.29, 1.82) is 0 Å². The largest absolute Gasteiger partial charge is 0.328 e. The smallest absolute Gasteiger partial charge is 0.229 e. The van der Waals surface area contributed by atoms with Crippen LogP contribution in [0.3, 0.4) is 0 Å². The highest BCUT2D eigenvalue weighted by atomic mass is 16.2. The minimum absolute atomic E-state index is 0.0179. The van der Waals surface area contributed by atoms with Gasteiger partial charge in [-0.1, -0.05) is 168 Å². The van der Waals surface area contributed by atoms with Crippen LogP contribution in [0.4, 0.5) is 0 Å². The highest BCUT2D eigenvalue weighted by Gasteiger charge is 2.25. The number of nitrogens with two attached hydrogens (primary N) is 1. The Morgan fingerprint density at radius 3 is 0.923 bits per heavy atom. The van der Waals surface area contributed by atoms with Crippen LogP contribution >= 0.6 is 0 Å². The average Bonchev–Trinajstić information content (AvgIpc) is 2.93. The van der Waals surface area contributed by atoms with Gasteiger partial charge < -0.3 is 5.73 Å². The first-order chi connectivity index (χ1) is 19.1. The van der Waals surface area contributed by atoms with Crippen molar-refractivity contribution in [1.82, 2.24) is 4.90 Å². The summed E-state index contributed by atoms with van der Waals surface area (Å²) in [4.78, 5) is 27.2. The Bertz CT molecular complexity index is 495. The molecule has 1 unspecified atom stereocenters. The zero-order valence-electron chi connectivity index (χ0n) is 26.9. The number of hydrogen-bond donors (Lipinski definition) is 1. The molecular weight excluding hydrogens is 480 g/mol. The highest BCUT2D eigenvalue weighted by Crippen LogP contribution is 2.16. The zero-order valence-corrected chi connectivity index (χ0v) is 26.9. The lowest BCUT2D eigenvalue weighted by atomic mass is 10.0. The van der Waals surface area contributed by atoms with Crippen molar-refractivity contribution in [2.75, 3.05) is 6.54 Å². The molecule has 0 aromatic carbocycles. The molecule has 0 aliphatic carbocycles. The van der Waals surface area contributed by atoms with E-state index >= 15 is 0 Å². The number of unbranched alkanes of at least 4 members (excludes halogenated alkanes) is 24. The van der Waals surface area contributed by atoms with Crippen LogP contribution in [-0.2, 0) is 9.59 Å². The molecular formula is C35H70N2O2. The van der Waals surface area contributed by atoms with E-state index in [4.69, 9.17) is 5.73 Å². The molecule has 0 saturated heterocycles. The fraction of sp³-hybridized carbons (Fsp3) is 0.943. The molecule has 1 atom stereocenters. The summed E-state index contributed by atoms with van der Waals surface area (Å²) in [5.74, 6) is -0.0357. The van der Waals surface area contributed by atoms with Gasteiger partial charge in [0.25, 0.3) is 0 Å². The van der Waals surface area contributed by atoms with Gasteiger partial charge in [0.15, 0.2) is 0 Å². The van der Waals surface area contributed by atoms with Crippen molar-refractivity contribution in [3.63, 3.8) is 0 Å². The predicted octanol–water partition coefficient (Wildman–Crippen LogP) is 10.7. The summed E-state index contributed by atoms with van der Waals surface area (Å²) in [6.07, 6.45) is 34.5. The summed E-state index contributed by atoms with van der Waals surface area (Å²) in [6.45, 7) is 6.79. The number of hydrogen-bond acceptors (Lipinski definition) is 3. The molecule has 2 amide bonds. The number of rotatable bonds is 30. The molecule has 0 aliphatic heterocycles. The van der Waals surface area contributed by atoms with Crippen molar-refractivity contribution in [2.24, 2.45) is 5.73 Å². The summed E-state index contributed by atoms with van der Waals surface area (Å²) in [5.41, 5.74) is 5.85. The van der Waals surface area contributed by atoms with E-state index in [1.807, 2.05) is 6.92 Å². The molecule has 0 aromatic heterocycles. The van der Waals surface area contributed by atoms with Gasteiger partial charge in [0.05, 0.1) is 0 Å².